The van der Waals surface area contributed by atoms with Crippen molar-refractivity contribution in [3.05, 3.63) is 40.8 Å². The molecule has 1 N–H and O–H groups in total. The maximum Gasteiger partial charge on any atom is 0.208 e. The Morgan fingerprint density at radius 1 is 1.33 bits per heavy atom. The van der Waals surface area contributed by atoms with Gasteiger partial charge in [0.25, 0.3) is 0 Å². The second kappa shape index (κ2) is 6.16. The molecule has 2 aromatic rings. The molecule has 0 fully saturated rings. The highest BCUT2D eigenvalue weighted by Gasteiger charge is 2.08. The average Bonchev–Trinajstić information content (AvgIpc) is 2.78. The van der Waals surface area contributed by atoms with Crippen molar-refractivity contribution in [1.29, 1.82) is 0 Å². The molecule has 1 aromatic heterocycles. The van der Waals surface area contributed by atoms with E-state index in [1.165, 1.54) is 0 Å². The Balaban J connectivity index is 2.04. The summed E-state index contributed by atoms with van der Waals surface area (Å²) in [5, 5.41) is 3.31. The summed E-state index contributed by atoms with van der Waals surface area (Å²) in [4.78, 5) is 4.28. The van der Waals surface area contributed by atoms with Crippen molar-refractivity contribution >= 4 is 15.9 Å². The summed E-state index contributed by atoms with van der Waals surface area (Å²) in [5.41, 5.74) is 1.03. The molecule has 1 aromatic carbocycles. The molecule has 0 bridgehead atoms. The third-order valence-electron chi connectivity index (χ3n) is 2.52. The van der Waals surface area contributed by atoms with E-state index in [4.69, 9.17) is 4.42 Å². The van der Waals surface area contributed by atoms with Crippen LogP contribution in [0.2, 0.25) is 0 Å². The molecule has 0 aliphatic carbocycles. The minimum absolute atomic E-state index is 0.628. The van der Waals surface area contributed by atoms with Crippen LogP contribution in [0.1, 0.15) is 19.7 Å². The van der Waals surface area contributed by atoms with Crippen molar-refractivity contribution in [1.82, 2.24) is 10.3 Å². The molecule has 3 nitrogen and oxygen atoms in total. The molecule has 0 spiro atoms. The Bertz CT molecular complexity index is 508. The quantitative estimate of drug-likeness (QED) is 0.911. The fraction of sp³-hybridized carbons (Fsp3) is 0.357. The van der Waals surface area contributed by atoms with Gasteiger partial charge in [0, 0.05) is 10.0 Å². The van der Waals surface area contributed by atoms with Crippen LogP contribution in [0.25, 0.3) is 11.3 Å². The summed E-state index contributed by atoms with van der Waals surface area (Å²) >= 11 is 3.51. The van der Waals surface area contributed by atoms with Crippen LogP contribution in [0.15, 0.2) is 39.4 Å². The first-order valence-electron chi connectivity index (χ1n) is 6.07. The van der Waals surface area contributed by atoms with E-state index in [9.17, 15) is 0 Å². The van der Waals surface area contributed by atoms with Crippen LogP contribution in [0.5, 0.6) is 0 Å². The average molecular weight is 309 g/mol. The number of hydrogen-bond acceptors (Lipinski definition) is 3. The summed E-state index contributed by atoms with van der Waals surface area (Å²) in [7, 11) is 0. The lowest BCUT2D eigenvalue weighted by Gasteiger charge is -2.04. The van der Waals surface area contributed by atoms with Gasteiger partial charge >= 0.3 is 0 Å². The first-order chi connectivity index (χ1) is 8.66. The molecular formula is C14H17BrN2O. The van der Waals surface area contributed by atoms with Gasteiger partial charge in [0.2, 0.25) is 5.89 Å². The van der Waals surface area contributed by atoms with Gasteiger partial charge in [-0.2, -0.15) is 0 Å². The summed E-state index contributed by atoms with van der Waals surface area (Å²) in [5.74, 6) is 2.15. The lowest BCUT2D eigenvalue weighted by atomic mass is 10.2. The van der Waals surface area contributed by atoms with Crippen LogP contribution in [0, 0.1) is 5.92 Å². The maximum atomic E-state index is 5.73. The summed E-state index contributed by atoms with van der Waals surface area (Å²) < 4.78 is 6.75. The Kier molecular flexibility index (Phi) is 4.55. The molecule has 0 aliphatic rings. The van der Waals surface area contributed by atoms with Gasteiger partial charge in [0.05, 0.1) is 12.7 Å². The van der Waals surface area contributed by atoms with E-state index >= 15 is 0 Å². The van der Waals surface area contributed by atoms with Gasteiger partial charge in [-0.05, 0) is 18.5 Å². The van der Waals surface area contributed by atoms with E-state index in [1.54, 1.807) is 6.20 Å². The minimum Gasteiger partial charge on any atom is -0.439 e. The fourth-order valence-electron chi connectivity index (χ4n) is 1.65. The number of halogens is 1. The number of hydrogen-bond donors (Lipinski definition) is 1. The highest BCUT2D eigenvalue weighted by molar-refractivity contribution is 9.10. The van der Waals surface area contributed by atoms with Gasteiger partial charge in [-0.3, -0.25) is 0 Å². The molecule has 1 heterocycles. The van der Waals surface area contributed by atoms with E-state index in [1.807, 2.05) is 24.3 Å². The normalized spacial score (nSPS) is 11.1. The SMILES string of the molecule is CC(C)CNCc1ncc(-c2ccccc2Br)o1. The second-order valence-corrected chi connectivity index (χ2v) is 5.48. The van der Waals surface area contributed by atoms with E-state index in [-0.39, 0.29) is 0 Å². The fourth-order valence-corrected chi connectivity index (χ4v) is 2.13. The first-order valence-corrected chi connectivity index (χ1v) is 6.86. The predicted molar refractivity (Wildman–Crippen MR) is 76.2 cm³/mol. The number of benzene rings is 1. The molecule has 0 saturated carbocycles. The van der Waals surface area contributed by atoms with Crippen molar-refractivity contribution in [3.8, 4) is 11.3 Å². The zero-order valence-corrected chi connectivity index (χ0v) is 12.2. The molecule has 4 heteroatoms. The number of nitrogens with zero attached hydrogens (tertiary/aromatic N) is 1. The van der Waals surface area contributed by atoms with Crippen molar-refractivity contribution in [3.63, 3.8) is 0 Å². The monoisotopic (exact) mass is 308 g/mol. The van der Waals surface area contributed by atoms with Gasteiger partial charge in [-0.15, -0.1) is 0 Å². The Hall–Kier alpha value is -1.13. The Morgan fingerprint density at radius 3 is 2.83 bits per heavy atom. The molecule has 2 rings (SSSR count). The van der Waals surface area contributed by atoms with Crippen LogP contribution in [-0.2, 0) is 6.54 Å². The zero-order valence-electron chi connectivity index (χ0n) is 10.6. The molecule has 18 heavy (non-hydrogen) atoms. The molecule has 0 radical (unpaired) electrons. The lowest BCUT2D eigenvalue weighted by Crippen LogP contribution is -2.18. The van der Waals surface area contributed by atoms with Gasteiger partial charge in [0.15, 0.2) is 5.76 Å². The largest absolute Gasteiger partial charge is 0.439 e. The Labute approximate surface area is 116 Å². The maximum absolute atomic E-state index is 5.73. The van der Waals surface area contributed by atoms with Crippen LogP contribution < -0.4 is 5.32 Å². The number of oxazole rings is 1. The summed E-state index contributed by atoms with van der Waals surface area (Å²) in [6, 6.07) is 7.97. The predicted octanol–water partition coefficient (Wildman–Crippen LogP) is 3.85. The van der Waals surface area contributed by atoms with E-state index < -0.39 is 0 Å². The number of aromatic nitrogens is 1. The topological polar surface area (TPSA) is 38.1 Å². The van der Waals surface area contributed by atoms with E-state index in [2.05, 4.69) is 40.1 Å². The molecule has 96 valence electrons. The van der Waals surface area contributed by atoms with Gasteiger partial charge < -0.3 is 9.73 Å². The lowest BCUT2D eigenvalue weighted by molar-refractivity contribution is 0.459. The first kappa shape index (κ1) is 13.3. The summed E-state index contributed by atoms with van der Waals surface area (Å²) in [6.45, 7) is 5.99. The standard InChI is InChI=1S/C14H17BrN2O/c1-10(2)7-16-9-14-17-8-13(18-14)11-5-3-4-6-12(11)15/h3-6,8,10,16H,7,9H2,1-2H3. The van der Waals surface area contributed by atoms with Gasteiger partial charge in [-0.25, -0.2) is 4.98 Å². The van der Waals surface area contributed by atoms with Crippen LogP contribution >= 0.6 is 15.9 Å². The second-order valence-electron chi connectivity index (χ2n) is 4.62. The zero-order chi connectivity index (χ0) is 13.0. The van der Waals surface area contributed by atoms with Crippen molar-refractivity contribution < 1.29 is 4.42 Å². The highest BCUT2D eigenvalue weighted by Crippen LogP contribution is 2.28. The molecule has 0 amide bonds. The van der Waals surface area contributed by atoms with Gasteiger partial charge in [0.1, 0.15) is 0 Å². The number of nitrogens with one attached hydrogen (secondary N) is 1. The van der Waals surface area contributed by atoms with Crippen molar-refractivity contribution in [2.24, 2.45) is 5.92 Å². The molecule has 0 atom stereocenters. The third-order valence-corrected chi connectivity index (χ3v) is 3.21. The molecule has 0 aliphatic heterocycles. The van der Waals surface area contributed by atoms with E-state index in [0.29, 0.717) is 12.5 Å². The third kappa shape index (κ3) is 3.43. The van der Waals surface area contributed by atoms with Crippen LogP contribution in [0.3, 0.4) is 0 Å². The minimum atomic E-state index is 0.628. The molecule has 0 unspecified atom stereocenters. The van der Waals surface area contributed by atoms with E-state index in [0.717, 1.165) is 28.2 Å². The van der Waals surface area contributed by atoms with Crippen molar-refractivity contribution in [2.75, 3.05) is 6.54 Å². The van der Waals surface area contributed by atoms with Crippen LogP contribution in [-0.4, -0.2) is 11.5 Å². The summed E-state index contributed by atoms with van der Waals surface area (Å²) in [6.07, 6.45) is 1.77. The molecular weight excluding hydrogens is 292 g/mol. The smallest absolute Gasteiger partial charge is 0.208 e. The highest BCUT2D eigenvalue weighted by atomic mass is 79.9. The van der Waals surface area contributed by atoms with Crippen LogP contribution in [0.4, 0.5) is 0 Å². The van der Waals surface area contributed by atoms with Crippen molar-refractivity contribution in [2.45, 2.75) is 20.4 Å². The molecule has 0 saturated heterocycles. The Morgan fingerprint density at radius 2 is 2.11 bits per heavy atom. The van der Waals surface area contributed by atoms with Gasteiger partial charge in [-0.1, -0.05) is 48.0 Å². The number of rotatable bonds is 5.